The van der Waals surface area contributed by atoms with E-state index < -0.39 is 0 Å². The number of aromatic nitrogens is 2. The molecule has 102 valence electrons. The van der Waals surface area contributed by atoms with Crippen molar-refractivity contribution in [1.29, 1.82) is 0 Å². The minimum absolute atomic E-state index is 0.237. The molecule has 0 saturated heterocycles. The van der Waals surface area contributed by atoms with Gasteiger partial charge in [0.1, 0.15) is 5.82 Å². The number of halogens is 2. The molecule has 2 aromatic heterocycles. The maximum atomic E-state index is 13.2. The lowest BCUT2D eigenvalue weighted by Crippen LogP contribution is -2.01. The molecule has 1 aliphatic carbocycles. The quantitative estimate of drug-likeness (QED) is 0.613. The molecule has 0 N–H and O–H groups in total. The van der Waals surface area contributed by atoms with Crippen LogP contribution in [0.1, 0.15) is 23.4 Å². The molecule has 0 fully saturated rings. The molecule has 0 amide bonds. The summed E-state index contributed by atoms with van der Waals surface area (Å²) in [5, 5.41) is 0. The normalized spacial score (nSPS) is 14.7. The first-order valence-electron chi connectivity index (χ1n) is 6.67. The molecule has 0 spiro atoms. The zero-order valence-corrected chi connectivity index (χ0v) is 13.1. The molecule has 4 rings (SSSR count). The Labute approximate surface area is 128 Å². The average molecular weight is 351 g/mol. The summed E-state index contributed by atoms with van der Waals surface area (Å²) in [6.45, 7) is 0. The van der Waals surface area contributed by atoms with Gasteiger partial charge in [-0.2, -0.15) is 0 Å². The SMILES string of the molecule is Fc1ccc(-c2cn3c4c(sc3n2)CCCC4)c(Br)c1. The van der Waals surface area contributed by atoms with E-state index in [0.29, 0.717) is 0 Å². The van der Waals surface area contributed by atoms with Crippen molar-refractivity contribution in [3.05, 3.63) is 45.3 Å². The first kappa shape index (κ1) is 12.5. The fraction of sp³-hybridized carbons (Fsp3) is 0.267. The van der Waals surface area contributed by atoms with Crippen molar-refractivity contribution in [3.63, 3.8) is 0 Å². The lowest BCUT2D eigenvalue weighted by Gasteiger charge is -2.09. The second kappa shape index (κ2) is 4.67. The smallest absolute Gasteiger partial charge is 0.194 e. The second-order valence-corrected chi connectivity index (χ2v) is 7.00. The van der Waals surface area contributed by atoms with Gasteiger partial charge >= 0.3 is 0 Å². The highest BCUT2D eigenvalue weighted by Gasteiger charge is 2.18. The van der Waals surface area contributed by atoms with Gasteiger partial charge in [0.15, 0.2) is 4.96 Å². The number of nitrogens with zero attached hydrogens (tertiary/aromatic N) is 2. The largest absolute Gasteiger partial charge is 0.294 e. The van der Waals surface area contributed by atoms with E-state index in [9.17, 15) is 4.39 Å². The number of benzene rings is 1. The van der Waals surface area contributed by atoms with Gasteiger partial charge in [-0.3, -0.25) is 4.40 Å². The van der Waals surface area contributed by atoms with Gasteiger partial charge < -0.3 is 0 Å². The van der Waals surface area contributed by atoms with Gasteiger partial charge in [0, 0.05) is 26.8 Å². The first-order chi connectivity index (χ1) is 9.72. The van der Waals surface area contributed by atoms with Crippen LogP contribution < -0.4 is 0 Å². The van der Waals surface area contributed by atoms with Crippen LogP contribution in [0.2, 0.25) is 0 Å². The molecule has 0 bridgehead atoms. The highest BCUT2D eigenvalue weighted by atomic mass is 79.9. The molecular weight excluding hydrogens is 339 g/mol. The highest BCUT2D eigenvalue weighted by molar-refractivity contribution is 9.10. The Hall–Kier alpha value is -1.20. The summed E-state index contributed by atoms with van der Waals surface area (Å²) >= 11 is 5.21. The van der Waals surface area contributed by atoms with E-state index in [-0.39, 0.29) is 5.82 Å². The number of aryl methyl sites for hydroxylation is 2. The molecule has 5 heteroatoms. The van der Waals surface area contributed by atoms with Crippen molar-refractivity contribution >= 4 is 32.2 Å². The van der Waals surface area contributed by atoms with Crippen LogP contribution >= 0.6 is 27.3 Å². The van der Waals surface area contributed by atoms with Gasteiger partial charge in [-0.1, -0.05) is 0 Å². The van der Waals surface area contributed by atoms with Crippen molar-refractivity contribution in [2.75, 3.05) is 0 Å². The van der Waals surface area contributed by atoms with Crippen LogP contribution in [-0.2, 0) is 12.8 Å². The van der Waals surface area contributed by atoms with E-state index in [4.69, 9.17) is 4.98 Å². The third-order valence-electron chi connectivity index (χ3n) is 3.78. The van der Waals surface area contributed by atoms with Crippen LogP contribution in [0.25, 0.3) is 16.2 Å². The van der Waals surface area contributed by atoms with Crippen molar-refractivity contribution in [3.8, 4) is 11.3 Å². The number of imidazole rings is 1. The Bertz CT molecular complexity index is 806. The van der Waals surface area contributed by atoms with E-state index in [0.717, 1.165) is 27.1 Å². The molecule has 2 heterocycles. The van der Waals surface area contributed by atoms with E-state index >= 15 is 0 Å². The van der Waals surface area contributed by atoms with E-state index in [1.54, 1.807) is 17.4 Å². The summed E-state index contributed by atoms with van der Waals surface area (Å²) < 4.78 is 16.1. The number of rotatable bonds is 1. The Morgan fingerprint density at radius 1 is 1.25 bits per heavy atom. The van der Waals surface area contributed by atoms with Crippen LogP contribution in [0.4, 0.5) is 4.39 Å². The Balaban J connectivity index is 1.87. The van der Waals surface area contributed by atoms with Crippen molar-refractivity contribution in [2.45, 2.75) is 25.7 Å². The molecule has 0 saturated carbocycles. The lowest BCUT2D eigenvalue weighted by atomic mass is 10.0. The molecule has 0 atom stereocenters. The predicted molar refractivity (Wildman–Crippen MR) is 82.8 cm³/mol. The predicted octanol–water partition coefficient (Wildman–Crippen LogP) is 4.84. The minimum Gasteiger partial charge on any atom is -0.294 e. The molecule has 2 nitrogen and oxygen atoms in total. The molecule has 0 aliphatic heterocycles. The number of hydrogen-bond acceptors (Lipinski definition) is 2. The van der Waals surface area contributed by atoms with Gasteiger partial charge in [-0.05, 0) is 59.8 Å². The molecule has 0 unspecified atom stereocenters. The van der Waals surface area contributed by atoms with E-state index in [1.807, 2.05) is 0 Å². The fourth-order valence-corrected chi connectivity index (χ4v) is 4.54. The second-order valence-electron chi connectivity index (χ2n) is 5.08. The number of hydrogen-bond donors (Lipinski definition) is 0. The topological polar surface area (TPSA) is 17.3 Å². The Morgan fingerprint density at radius 3 is 2.95 bits per heavy atom. The molecule has 20 heavy (non-hydrogen) atoms. The van der Waals surface area contributed by atoms with Gasteiger partial charge in [0.2, 0.25) is 0 Å². The van der Waals surface area contributed by atoms with Crippen LogP contribution in [0.5, 0.6) is 0 Å². The zero-order chi connectivity index (χ0) is 13.7. The summed E-state index contributed by atoms with van der Waals surface area (Å²) in [4.78, 5) is 7.23. The Morgan fingerprint density at radius 2 is 2.10 bits per heavy atom. The molecule has 1 aromatic carbocycles. The van der Waals surface area contributed by atoms with Crippen LogP contribution in [0.3, 0.4) is 0 Å². The summed E-state index contributed by atoms with van der Waals surface area (Å²) in [6.07, 6.45) is 6.93. The van der Waals surface area contributed by atoms with E-state index in [2.05, 4.69) is 26.5 Å². The molecule has 3 aromatic rings. The minimum atomic E-state index is -0.237. The molecule has 1 aliphatic rings. The van der Waals surface area contributed by atoms with Gasteiger partial charge in [-0.15, -0.1) is 11.3 Å². The fourth-order valence-electron chi connectivity index (χ4n) is 2.79. The summed E-state index contributed by atoms with van der Waals surface area (Å²) in [7, 11) is 0. The van der Waals surface area contributed by atoms with Crippen molar-refractivity contribution in [1.82, 2.24) is 9.38 Å². The van der Waals surface area contributed by atoms with Gasteiger partial charge in [0.25, 0.3) is 0 Å². The molecule has 0 radical (unpaired) electrons. The standard InChI is InChI=1S/C15H12BrFN2S/c16-11-7-9(17)5-6-10(11)12-8-19-13-3-1-2-4-14(13)20-15(19)18-12/h5-8H,1-4H2. The van der Waals surface area contributed by atoms with Crippen molar-refractivity contribution in [2.24, 2.45) is 0 Å². The molecular formula is C15H12BrFN2S. The number of thiazole rings is 1. The van der Waals surface area contributed by atoms with Crippen LogP contribution in [0.15, 0.2) is 28.9 Å². The maximum Gasteiger partial charge on any atom is 0.194 e. The summed E-state index contributed by atoms with van der Waals surface area (Å²) in [6, 6.07) is 4.74. The lowest BCUT2D eigenvalue weighted by molar-refractivity contribution is 0.627. The Kier molecular flexibility index (Phi) is 2.93. The van der Waals surface area contributed by atoms with Crippen molar-refractivity contribution < 1.29 is 4.39 Å². The van der Waals surface area contributed by atoms with Gasteiger partial charge in [-0.25, -0.2) is 9.37 Å². The zero-order valence-electron chi connectivity index (χ0n) is 10.7. The third-order valence-corrected chi connectivity index (χ3v) is 5.59. The third kappa shape index (κ3) is 1.91. The van der Waals surface area contributed by atoms with Gasteiger partial charge in [0.05, 0.1) is 5.69 Å². The number of fused-ring (bicyclic) bond motifs is 3. The van der Waals surface area contributed by atoms with Crippen LogP contribution in [0, 0.1) is 5.82 Å². The monoisotopic (exact) mass is 350 g/mol. The van der Waals surface area contributed by atoms with E-state index in [1.165, 1.54) is 42.0 Å². The maximum absolute atomic E-state index is 13.2. The highest BCUT2D eigenvalue weighted by Crippen LogP contribution is 2.34. The summed E-state index contributed by atoms with van der Waals surface area (Å²) in [5.41, 5.74) is 3.25. The average Bonchev–Trinajstić information content (AvgIpc) is 2.96. The van der Waals surface area contributed by atoms with Crippen LogP contribution in [-0.4, -0.2) is 9.38 Å². The summed E-state index contributed by atoms with van der Waals surface area (Å²) in [5.74, 6) is -0.237. The first-order valence-corrected chi connectivity index (χ1v) is 8.28.